The highest BCUT2D eigenvalue weighted by Crippen LogP contribution is 2.55. The maximum Gasteiger partial charge on any atom is 0.313 e. The zero-order valence-corrected chi connectivity index (χ0v) is 16.3. The second-order valence-electron chi connectivity index (χ2n) is 8.35. The van der Waals surface area contributed by atoms with Crippen molar-refractivity contribution >= 4 is 6.47 Å². The summed E-state index contributed by atoms with van der Waals surface area (Å²) >= 11 is 0. The third kappa shape index (κ3) is 3.59. The molecule has 3 nitrogen and oxygen atoms in total. The van der Waals surface area contributed by atoms with Gasteiger partial charge in [0.15, 0.2) is 0 Å². The van der Waals surface area contributed by atoms with E-state index in [9.17, 15) is 4.79 Å². The van der Waals surface area contributed by atoms with Crippen LogP contribution in [0.25, 0.3) is 0 Å². The van der Waals surface area contributed by atoms with Crippen LogP contribution in [0, 0.1) is 17.8 Å². The number of rotatable bonds is 8. The lowest BCUT2D eigenvalue weighted by Gasteiger charge is -2.58. The monoisotopic (exact) mass is 355 g/mol. The Bertz CT molecular complexity index is 601. The average Bonchev–Trinajstić information content (AvgIpc) is 2.66. The number of hydrogen-bond acceptors (Lipinski definition) is 3. The molecule has 5 unspecified atom stereocenters. The summed E-state index contributed by atoms with van der Waals surface area (Å²) in [5, 5.41) is 2.02. The predicted molar refractivity (Wildman–Crippen MR) is 105 cm³/mol. The highest BCUT2D eigenvalue weighted by atomic mass is 16.7. The fraction of sp³-hybridized carbons (Fsp3) is 0.609. The van der Waals surface area contributed by atoms with Crippen molar-refractivity contribution in [3.8, 4) is 0 Å². The van der Waals surface area contributed by atoms with Crippen molar-refractivity contribution in [3.05, 3.63) is 48.6 Å². The first-order valence-corrected chi connectivity index (χ1v) is 10.2. The molecule has 1 aliphatic carbocycles. The molecule has 1 aliphatic heterocycles. The van der Waals surface area contributed by atoms with Gasteiger partial charge in [-0.25, -0.2) is 0 Å². The van der Waals surface area contributed by atoms with Crippen molar-refractivity contribution in [2.45, 2.75) is 63.8 Å². The molecule has 1 saturated carbocycles. The van der Waals surface area contributed by atoms with Gasteiger partial charge in [0.2, 0.25) is 0 Å². The van der Waals surface area contributed by atoms with Crippen LogP contribution in [0.4, 0.5) is 0 Å². The Hall–Kier alpha value is -1.61. The molecule has 1 heterocycles. The first kappa shape index (κ1) is 19.2. The number of piperidine rings is 1. The maximum absolute atomic E-state index is 11.2. The summed E-state index contributed by atoms with van der Waals surface area (Å²) in [5.74, 6) is 2.33. The van der Waals surface area contributed by atoms with Crippen LogP contribution in [0.2, 0.25) is 0 Å². The van der Waals surface area contributed by atoms with Crippen LogP contribution in [-0.4, -0.2) is 23.6 Å². The summed E-state index contributed by atoms with van der Waals surface area (Å²) in [4.78, 5) is 16.7. The second kappa shape index (κ2) is 8.39. The van der Waals surface area contributed by atoms with Crippen molar-refractivity contribution in [2.75, 3.05) is 6.54 Å². The Morgan fingerprint density at radius 2 is 2.08 bits per heavy atom. The first-order chi connectivity index (χ1) is 12.6. The zero-order valence-electron chi connectivity index (χ0n) is 16.3. The summed E-state index contributed by atoms with van der Waals surface area (Å²) in [6.45, 7) is 9.94. The number of hydrogen-bond donors (Lipinski definition) is 0. The van der Waals surface area contributed by atoms with Gasteiger partial charge in [0.05, 0.1) is 5.54 Å². The van der Waals surface area contributed by atoms with Gasteiger partial charge in [-0.05, 0) is 68.3 Å². The molecule has 142 valence electrons. The van der Waals surface area contributed by atoms with Crippen molar-refractivity contribution in [2.24, 2.45) is 17.8 Å². The summed E-state index contributed by atoms with van der Waals surface area (Å²) in [6, 6.07) is 11.0. The molecule has 0 radical (unpaired) electrons. The number of carbonyl (C=O) groups excluding carboxylic acids is 1. The topological polar surface area (TPSA) is 29.5 Å². The van der Waals surface area contributed by atoms with Crippen molar-refractivity contribution in [1.82, 2.24) is 5.06 Å². The molecule has 0 aromatic heterocycles. The van der Waals surface area contributed by atoms with E-state index < -0.39 is 0 Å². The van der Waals surface area contributed by atoms with E-state index in [2.05, 4.69) is 50.8 Å². The minimum Gasteiger partial charge on any atom is -0.370 e. The van der Waals surface area contributed by atoms with Gasteiger partial charge in [0, 0.05) is 6.54 Å². The van der Waals surface area contributed by atoms with Crippen molar-refractivity contribution < 1.29 is 9.63 Å². The number of carbonyl (C=O) groups is 1. The molecule has 2 fully saturated rings. The highest BCUT2D eigenvalue weighted by Gasteiger charge is 2.54. The fourth-order valence-electron chi connectivity index (χ4n) is 5.59. The second-order valence-corrected chi connectivity index (χ2v) is 8.35. The van der Waals surface area contributed by atoms with Crippen LogP contribution in [0.3, 0.4) is 0 Å². The average molecular weight is 356 g/mol. The first-order valence-electron chi connectivity index (χ1n) is 10.2. The molecular weight excluding hydrogens is 322 g/mol. The Kier molecular flexibility index (Phi) is 6.18. The van der Waals surface area contributed by atoms with Crippen LogP contribution >= 0.6 is 0 Å². The number of allylic oxidation sites excluding steroid dienone is 1. The Labute approximate surface area is 158 Å². The van der Waals surface area contributed by atoms with E-state index in [0.29, 0.717) is 30.1 Å². The largest absolute Gasteiger partial charge is 0.370 e. The van der Waals surface area contributed by atoms with Gasteiger partial charge in [-0.3, -0.25) is 4.79 Å². The van der Waals surface area contributed by atoms with E-state index in [1.165, 1.54) is 24.8 Å². The normalized spacial score (nSPS) is 34.2. The summed E-state index contributed by atoms with van der Waals surface area (Å²) in [6.07, 6.45) is 8.79. The van der Waals surface area contributed by atoms with Gasteiger partial charge in [-0.15, -0.1) is 11.6 Å². The molecular formula is C23H33NO2. The molecule has 5 atom stereocenters. The fourth-order valence-corrected chi connectivity index (χ4v) is 5.59. The number of nitrogens with zero attached hydrogens (tertiary/aromatic N) is 1. The Morgan fingerprint density at radius 1 is 1.31 bits per heavy atom. The van der Waals surface area contributed by atoms with Crippen LogP contribution in [-0.2, 0) is 9.63 Å². The van der Waals surface area contributed by atoms with Gasteiger partial charge < -0.3 is 4.84 Å². The highest BCUT2D eigenvalue weighted by molar-refractivity contribution is 5.37. The van der Waals surface area contributed by atoms with Crippen molar-refractivity contribution in [1.29, 1.82) is 0 Å². The van der Waals surface area contributed by atoms with Gasteiger partial charge in [-0.2, -0.15) is 0 Å². The Morgan fingerprint density at radius 3 is 2.73 bits per heavy atom. The lowest BCUT2D eigenvalue weighted by atomic mass is 9.56. The van der Waals surface area contributed by atoms with Gasteiger partial charge in [0.1, 0.15) is 0 Å². The quantitative estimate of drug-likeness (QED) is 0.465. The minimum atomic E-state index is -0.0441. The third-order valence-corrected chi connectivity index (χ3v) is 6.94. The standard InChI is InChI=1S/C23H33NO2/c1-4-6-11-19-16-24(26-17-25)23(3)15-22(19)21(14-20(23)10-5-2)18-12-8-7-9-13-18/h4,7-9,12-13,17,19-22H,1,5-6,10-11,14-16H2,2-3H3. The number of benzene rings is 1. The van der Waals surface area contributed by atoms with Crippen molar-refractivity contribution in [3.63, 3.8) is 0 Å². The molecule has 1 aromatic carbocycles. The SMILES string of the molecule is C=CCCC1CN(OC=O)C2(C)CC1C(c1ccccc1)CC2CCC. The van der Waals surface area contributed by atoms with E-state index in [0.717, 1.165) is 25.8 Å². The summed E-state index contributed by atoms with van der Waals surface area (Å²) < 4.78 is 0. The predicted octanol–water partition coefficient (Wildman–Crippen LogP) is 5.34. The molecule has 2 bridgehead atoms. The van der Waals surface area contributed by atoms with Crippen LogP contribution in [0.5, 0.6) is 0 Å². The van der Waals surface area contributed by atoms with Gasteiger partial charge in [-0.1, -0.05) is 49.8 Å². The molecule has 3 heteroatoms. The van der Waals surface area contributed by atoms with Gasteiger partial charge >= 0.3 is 6.47 Å². The van der Waals surface area contributed by atoms with Gasteiger partial charge in [0.25, 0.3) is 0 Å². The van der Waals surface area contributed by atoms with E-state index in [1.54, 1.807) is 0 Å². The molecule has 1 saturated heterocycles. The molecule has 0 N–H and O–H groups in total. The summed E-state index contributed by atoms with van der Waals surface area (Å²) in [5.41, 5.74) is 1.44. The lowest BCUT2D eigenvalue weighted by molar-refractivity contribution is -0.254. The van der Waals surface area contributed by atoms with E-state index in [4.69, 9.17) is 4.84 Å². The van der Waals surface area contributed by atoms with Crippen LogP contribution in [0.15, 0.2) is 43.0 Å². The molecule has 2 aliphatic rings. The maximum atomic E-state index is 11.2. The Balaban J connectivity index is 1.94. The lowest BCUT2D eigenvalue weighted by Crippen LogP contribution is -2.62. The number of fused-ring (bicyclic) bond motifs is 2. The molecule has 3 rings (SSSR count). The smallest absolute Gasteiger partial charge is 0.313 e. The van der Waals surface area contributed by atoms with E-state index in [1.807, 2.05) is 11.1 Å². The van der Waals surface area contributed by atoms with Crippen LogP contribution in [0.1, 0.15) is 63.9 Å². The molecule has 1 aromatic rings. The number of hydroxylamine groups is 2. The van der Waals surface area contributed by atoms with Crippen LogP contribution < -0.4 is 0 Å². The summed E-state index contributed by atoms with van der Waals surface area (Å²) in [7, 11) is 0. The molecule has 0 amide bonds. The molecule has 26 heavy (non-hydrogen) atoms. The molecule has 0 spiro atoms. The van der Waals surface area contributed by atoms with E-state index in [-0.39, 0.29) is 5.54 Å². The minimum absolute atomic E-state index is 0.0441. The van der Waals surface area contributed by atoms with E-state index >= 15 is 0 Å². The zero-order chi connectivity index (χ0) is 18.6. The third-order valence-electron chi connectivity index (χ3n) is 6.94.